The monoisotopic (exact) mass is 235 g/mol. The second-order valence-corrected chi connectivity index (χ2v) is 4.37. The number of carboxylic acid groups (broad SMARTS) is 1. The molecule has 0 fully saturated rings. The van der Waals surface area contributed by atoms with E-state index in [0.717, 1.165) is 13.1 Å². The minimum absolute atomic E-state index is 0.238. The maximum atomic E-state index is 10.5. The van der Waals surface area contributed by atoms with Gasteiger partial charge in [0, 0.05) is 25.2 Å². The van der Waals surface area contributed by atoms with Gasteiger partial charge in [0.05, 0.1) is 0 Å². The van der Waals surface area contributed by atoms with Crippen molar-refractivity contribution in [2.75, 3.05) is 18.0 Å². The average molecular weight is 235 g/mol. The summed E-state index contributed by atoms with van der Waals surface area (Å²) >= 11 is 0. The van der Waals surface area contributed by atoms with Crippen LogP contribution in [0.5, 0.6) is 0 Å². The van der Waals surface area contributed by atoms with Gasteiger partial charge in [-0.2, -0.15) is 0 Å². The molecule has 0 aliphatic heterocycles. The highest BCUT2D eigenvalue weighted by Crippen LogP contribution is 2.21. The molecule has 0 atom stereocenters. The number of carboxylic acids is 1. The van der Waals surface area contributed by atoms with Crippen LogP contribution in [0, 0.1) is 13.8 Å². The molecule has 0 bridgehead atoms. The fraction of sp³-hybridized carbons (Fsp3) is 0.500. The molecular formula is C14H21NO2. The van der Waals surface area contributed by atoms with Crippen LogP contribution in [-0.4, -0.2) is 24.2 Å². The Bertz CT molecular complexity index is 388. The third-order valence-corrected chi connectivity index (χ3v) is 2.89. The van der Waals surface area contributed by atoms with Gasteiger partial charge in [-0.15, -0.1) is 0 Å². The molecule has 0 heterocycles. The van der Waals surface area contributed by atoms with Crippen molar-refractivity contribution < 1.29 is 9.90 Å². The lowest BCUT2D eigenvalue weighted by atomic mass is 10.1. The first-order valence-corrected chi connectivity index (χ1v) is 6.08. The molecule has 1 aromatic rings. The number of aryl methyl sites for hydroxylation is 2. The van der Waals surface area contributed by atoms with Gasteiger partial charge >= 0.3 is 5.97 Å². The molecule has 0 unspecified atom stereocenters. The van der Waals surface area contributed by atoms with Crippen molar-refractivity contribution >= 4 is 11.7 Å². The van der Waals surface area contributed by atoms with Crippen LogP contribution in [0.4, 0.5) is 5.69 Å². The van der Waals surface area contributed by atoms with E-state index in [1.807, 2.05) is 0 Å². The van der Waals surface area contributed by atoms with Gasteiger partial charge in [0.25, 0.3) is 0 Å². The fourth-order valence-corrected chi connectivity index (χ4v) is 2.03. The standard InChI is InChI=1S/C14H21NO2/c1-4-15(9-5-6-14(16)17)13-8-7-11(2)10-12(13)3/h7-8,10H,4-6,9H2,1-3H3,(H,16,17). The summed E-state index contributed by atoms with van der Waals surface area (Å²) in [5.41, 5.74) is 3.72. The van der Waals surface area contributed by atoms with Crippen LogP contribution in [0.15, 0.2) is 18.2 Å². The van der Waals surface area contributed by atoms with Crippen LogP contribution >= 0.6 is 0 Å². The highest BCUT2D eigenvalue weighted by molar-refractivity contribution is 5.66. The number of carbonyl (C=O) groups is 1. The van der Waals surface area contributed by atoms with Crippen molar-refractivity contribution in [3.8, 4) is 0 Å². The van der Waals surface area contributed by atoms with Gasteiger partial charge in [-0.3, -0.25) is 4.79 Å². The smallest absolute Gasteiger partial charge is 0.303 e. The van der Waals surface area contributed by atoms with Crippen LogP contribution in [0.2, 0.25) is 0 Å². The van der Waals surface area contributed by atoms with Crippen molar-refractivity contribution in [1.29, 1.82) is 0 Å². The Hall–Kier alpha value is -1.51. The summed E-state index contributed by atoms with van der Waals surface area (Å²) in [6.45, 7) is 7.98. The first-order valence-electron chi connectivity index (χ1n) is 6.08. The fourth-order valence-electron chi connectivity index (χ4n) is 2.03. The van der Waals surface area contributed by atoms with Gasteiger partial charge in [0.1, 0.15) is 0 Å². The van der Waals surface area contributed by atoms with Gasteiger partial charge in [0.2, 0.25) is 0 Å². The second-order valence-electron chi connectivity index (χ2n) is 4.37. The predicted molar refractivity (Wildman–Crippen MR) is 70.7 cm³/mol. The van der Waals surface area contributed by atoms with E-state index < -0.39 is 5.97 Å². The van der Waals surface area contributed by atoms with E-state index in [0.29, 0.717) is 6.42 Å². The van der Waals surface area contributed by atoms with Crippen molar-refractivity contribution in [2.45, 2.75) is 33.6 Å². The molecule has 1 rings (SSSR count). The molecule has 94 valence electrons. The Morgan fingerprint density at radius 3 is 2.59 bits per heavy atom. The van der Waals surface area contributed by atoms with Crippen LogP contribution in [-0.2, 0) is 4.79 Å². The molecule has 0 spiro atoms. The maximum Gasteiger partial charge on any atom is 0.303 e. The molecule has 0 radical (unpaired) electrons. The second kappa shape index (κ2) is 6.28. The van der Waals surface area contributed by atoms with E-state index >= 15 is 0 Å². The molecule has 3 nitrogen and oxygen atoms in total. The summed E-state index contributed by atoms with van der Waals surface area (Å²) in [5, 5.41) is 8.64. The van der Waals surface area contributed by atoms with Crippen molar-refractivity contribution in [2.24, 2.45) is 0 Å². The Morgan fingerprint density at radius 1 is 1.35 bits per heavy atom. The summed E-state index contributed by atoms with van der Waals surface area (Å²) in [6.07, 6.45) is 0.928. The third-order valence-electron chi connectivity index (χ3n) is 2.89. The Kier molecular flexibility index (Phi) is 5.01. The molecule has 1 aromatic carbocycles. The van der Waals surface area contributed by atoms with Gasteiger partial charge in [0.15, 0.2) is 0 Å². The zero-order valence-corrected chi connectivity index (χ0v) is 10.9. The zero-order chi connectivity index (χ0) is 12.8. The highest BCUT2D eigenvalue weighted by Gasteiger charge is 2.08. The lowest BCUT2D eigenvalue weighted by Crippen LogP contribution is -2.25. The molecule has 0 aliphatic rings. The topological polar surface area (TPSA) is 40.5 Å². The number of aliphatic carboxylic acids is 1. The number of anilines is 1. The van der Waals surface area contributed by atoms with E-state index in [-0.39, 0.29) is 6.42 Å². The average Bonchev–Trinajstić information content (AvgIpc) is 2.25. The normalized spacial score (nSPS) is 10.3. The molecule has 0 saturated carbocycles. The first-order chi connectivity index (χ1) is 8.04. The van der Waals surface area contributed by atoms with E-state index in [2.05, 4.69) is 43.9 Å². The lowest BCUT2D eigenvalue weighted by molar-refractivity contribution is -0.137. The minimum Gasteiger partial charge on any atom is -0.481 e. The summed E-state index contributed by atoms with van der Waals surface area (Å²) in [7, 11) is 0. The summed E-state index contributed by atoms with van der Waals surface area (Å²) in [5.74, 6) is -0.721. The van der Waals surface area contributed by atoms with Crippen LogP contribution in [0.25, 0.3) is 0 Å². The molecule has 0 aromatic heterocycles. The van der Waals surface area contributed by atoms with Crippen molar-refractivity contribution in [1.82, 2.24) is 0 Å². The number of benzene rings is 1. The maximum absolute atomic E-state index is 10.5. The van der Waals surface area contributed by atoms with Gasteiger partial charge in [-0.05, 0) is 38.8 Å². The van der Waals surface area contributed by atoms with E-state index in [1.54, 1.807) is 0 Å². The molecule has 17 heavy (non-hydrogen) atoms. The molecular weight excluding hydrogens is 214 g/mol. The quantitative estimate of drug-likeness (QED) is 0.824. The Balaban J connectivity index is 2.69. The number of hydrogen-bond acceptors (Lipinski definition) is 2. The summed E-state index contributed by atoms with van der Waals surface area (Å²) in [4.78, 5) is 12.7. The Labute approximate surface area is 103 Å². The van der Waals surface area contributed by atoms with E-state index in [4.69, 9.17) is 5.11 Å². The van der Waals surface area contributed by atoms with Crippen molar-refractivity contribution in [3.05, 3.63) is 29.3 Å². The minimum atomic E-state index is -0.721. The van der Waals surface area contributed by atoms with E-state index in [9.17, 15) is 4.79 Å². The largest absolute Gasteiger partial charge is 0.481 e. The molecule has 3 heteroatoms. The highest BCUT2D eigenvalue weighted by atomic mass is 16.4. The molecule has 0 amide bonds. The van der Waals surface area contributed by atoms with Gasteiger partial charge in [-0.1, -0.05) is 17.7 Å². The molecule has 0 aliphatic carbocycles. The number of nitrogens with zero attached hydrogens (tertiary/aromatic N) is 1. The summed E-state index contributed by atoms with van der Waals surface area (Å²) < 4.78 is 0. The Morgan fingerprint density at radius 2 is 2.06 bits per heavy atom. The van der Waals surface area contributed by atoms with E-state index in [1.165, 1.54) is 16.8 Å². The molecule has 0 saturated heterocycles. The first kappa shape index (κ1) is 13.6. The SMILES string of the molecule is CCN(CCCC(=O)O)c1ccc(C)cc1C. The summed E-state index contributed by atoms with van der Waals surface area (Å²) in [6, 6.07) is 6.38. The number of hydrogen-bond donors (Lipinski definition) is 1. The van der Waals surface area contributed by atoms with Gasteiger partial charge < -0.3 is 10.0 Å². The molecule has 1 N–H and O–H groups in total. The van der Waals surface area contributed by atoms with Crippen molar-refractivity contribution in [3.63, 3.8) is 0 Å². The number of rotatable bonds is 6. The van der Waals surface area contributed by atoms with Gasteiger partial charge in [-0.25, -0.2) is 0 Å². The predicted octanol–water partition coefficient (Wildman–Crippen LogP) is 2.99. The zero-order valence-electron chi connectivity index (χ0n) is 10.9. The third kappa shape index (κ3) is 4.10. The van der Waals surface area contributed by atoms with Crippen LogP contribution < -0.4 is 4.90 Å². The lowest BCUT2D eigenvalue weighted by Gasteiger charge is -2.25. The van der Waals surface area contributed by atoms with Crippen LogP contribution in [0.1, 0.15) is 30.9 Å². The van der Waals surface area contributed by atoms with Crippen LogP contribution in [0.3, 0.4) is 0 Å².